The van der Waals surface area contributed by atoms with Crippen LogP contribution in [0.25, 0.3) is 0 Å². The van der Waals surface area contributed by atoms with Gasteiger partial charge in [0, 0.05) is 44.1 Å². The summed E-state index contributed by atoms with van der Waals surface area (Å²) in [6.07, 6.45) is 3.65. The van der Waals surface area contributed by atoms with Crippen LogP contribution < -0.4 is 0 Å². The third kappa shape index (κ3) is 3.79. The lowest BCUT2D eigenvalue weighted by atomic mass is 10.1. The first kappa shape index (κ1) is 16.2. The molecule has 2 amide bonds. The second-order valence-corrected chi connectivity index (χ2v) is 6.07. The van der Waals surface area contributed by atoms with Crippen molar-refractivity contribution in [1.82, 2.24) is 14.8 Å². The van der Waals surface area contributed by atoms with Gasteiger partial charge in [0.1, 0.15) is 0 Å². The largest absolute Gasteiger partial charge is 0.339 e. The minimum Gasteiger partial charge on any atom is -0.339 e. The zero-order valence-corrected chi connectivity index (χ0v) is 13.8. The van der Waals surface area contributed by atoms with E-state index in [9.17, 15) is 9.59 Å². The molecule has 1 saturated heterocycles. The van der Waals surface area contributed by atoms with Gasteiger partial charge in [-0.2, -0.15) is 0 Å². The summed E-state index contributed by atoms with van der Waals surface area (Å²) in [5.74, 6) is 0.123. The highest BCUT2D eigenvalue weighted by atomic mass is 16.2. The molecule has 3 rings (SSSR count). The van der Waals surface area contributed by atoms with Gasteiger partial charge in [-0.15, -0.1) is 0 Å². The lowest BCUT2D eigenvalue weighted by molar-refractivity contribution is -0.131. The van der Waals surface area contributed by atoms with Gasteiger partial charge in [0.2, 0.25) is 5.91 Å². The quantitative estimate of drug-likeness (QED) is 0.867. The molecule has 0 atom stereocenters. The third-order valence-corrected chi connectivity index (χ3v) is 4.32. The average molecular weight is 323 g/mol. The lowest BCUT2D eigenvalue weighted by Gasteiger charge is -2.35. The highest BCUT2D eigenvalue weighted by Crippen LogP contribution is 2.11. The molecule has 5 nitrogen and oxygen atoms in total. The summed E-state index contributed by atoms with van der Waals surface area (Å²) in [7, 11) is 0. The number of carbonyl (C=O) groups is 2. The van der Waals surface area contributed by atoms with Crippen LogP contribution in [0.4, 0.5) is 0 Å². The molecule has 0 unspecified atom stereocenters. The van der Waals surface area contributed by atoms with Crippen molar-refractivity contribution in [3.05, 3.63) is 65.5 Å². The van der Waals surface area contributed by atoms with E-state index in [-0.39, 0.29) is 11.8 Å². The zero-order valence-electron chi connectivity index (χ0n) is 13.8. The van der Waals surface area contributed by atoms with E-state index in [4.69, 9.17) is 0 Å². The van der Waals surface area contributed by atoms with Crippen LogP contribution in [0.1, 0.15) is 21.5 Å². The number of amides is 2. The van der Waals surface area contributed by atoms with Crippen LogP contribution >= 0.6 is 0 Å². The molecule has 1 fully saturated rings. The molecule has 1 aliphatic rings. The van der Waals surface area contributed by atoms with Crippen LogP contribution in [0, 0.1) is 6.92 Å². The van der Waals surface area contributed by atoms with E-state index >= 15 is 0 Å². The number of hydrogen-bond donors (Lipinski definition) is 0. The number of aryl methyl sites for hydroxylation is 1. The fourth-order valence-electron chi connectivity index (χ4n) is 2.83. The highest BCUT2D eigenvalue weighted by molar-refractivity contribution is 5.94. The Balaban J connectivity index is 1.54. The van der Waals surface area contributed by atoms with Crippen molar-refractivity contribution in [3.8, 4) is 0 Å². The molecule has 0 saturated carbocycles. The van der Waals surface area contributed by atoms with Crippen LogP contribution in [-0.2, 0) is 11.2 Å². The summed E-state index contributed by atoms with van der Waals surface area (Å²) >= 11 is 0. The molecule has 0 spiro atoms. The van der Waals surface area contributed by atoms with Gasteiger partial charge in [-0.1, -0.05) is 29.8 Å². The maximum atomic E-state index is 12.4. The summed E-state index contributed by atoms with van der Waals surface area (Å²) in [5.41, 5.74) is 2.86. The number of pyridine rings is 1. The minimum absolute atomic E-state index is 0.00281. The fraction of sp³-hybridized carbons (Fsp3) is 0.316. The van der Waals surface area contributed by atoms with E-state index in [1.807, 2.05) is 36.1 Å². The molecule has 24 heavy (non-hydrogen) atoms. The predicted molar refractivity (Wildman–Crippen MR) is 91.6 cm³/mol. The first-order chi connectivity index (χ1) is 11.6. The van der Waals surface area contributed by atoms with Gasteiger partial charge in [0.05, 0.1) is 6.42 Å². The first-order valence-corrected chi connectivity index (χ1v) is 8.16. The van der Waals surface area contributed by atoms with Gasteiger partial charge in [0.15, 0.2) is 0 Å². The molecule has 0 aliphatic carbocycles. The van der Waals surface area contributed by atoms with Crippen LogP contribution in [0.3, 0.4) is 0 Å². The summed E-state index contributed by atoms with van der Waals surface area (Å²) < 4.78 is 0. The van der Waals surface area contributed by atoms with Gasteiger partial charge in [-0.25, -0.2) is 0 Å². The zero-order chi connectivity index (χ0) is 16.9. The van der Waals surface area contributed by atoms with Crippen LogP contribution in [0.5, 0.6) is 0 Å². The van der Waals surface area contributed by atoms with Crippen molar-refractivity contribution in [2.24, 2.45) is 0 Å². The Morgan fingerprint density at radius 2 is 1.50 bits per heavy atom. The van der Waals surface area contributed by atoms with E-state index in [1.165, 1.54) is 5.56 Å². The lowest BCUT2D eigenvalue weighted by Crippen LogP contribution is -2.51. The number of aromatic nitrogens is 1. The van der Waals surface area contributed by atoms with Gasteiger partial charge in [-0.05, 0) is 24.6 Å². The van der Waals surface area contributed by atoms with Crippen LogP contribution in [-0.4, -0.2) is 52.8 Å². The number of piperazine rings is 1. The van der Waals surface area contributed by atoms with E-state index in [0.717, 1.165) is 5.56 Å². The smallest absolute Gasteiger partial charge is 0.254 e. The number of benzene rings is 1. The Bertz CT molecular complexity index is 705. The Morgan fingerprint density at radius 1 is 0.917 bits per heavy atom. The highest BCUT2D eigenvalue weighted by Gasteiger charge is 2.24. The summed E-state index contributed by atoms with van der Waals surface area (Å²) in [4.78, 5) is 32.4. The van der Waals surface area contributed by atoms with Crippen molar-refractivity contribution >= 4 is 11.8 Å². The van der Waals surface area contributed by atoms with Crippen LogP contribution in [0.2, 0.25) is 0 Å². The van der Waals surface area contributed by atoms with E-state index in [2.05, 4.69) is 4.98 Å². The van der Waals surface area contributed by atoms with Gasteiger partial charge in [-0.3, -0.25) is 14.6 Å². The first-order valence-electron chi connectivity index (χ1n) is 8.16. The maximum Gasteiger partial charge on any atom is 0.254 e. The number of hydrogen-bond acceptors (Lipinski definition) is 3. The maximum absolute atomic E-state index is 12.4. The number of rotatable bonds is 3. The molecular weight excluding hydrogens is 302 g/mol. The number of nitrogens with zero attached hydrogens (tertiary/aromatic N) is 3. The standard InChI is InChI=1S/C19H21N3O2/c1-15-2-4-16(5-3-15)14-18(23)21-10-12-22(13-11-21)19(24)17-6-8-20-9-7-17/h2-9H,10-14H2,1H3. The minimum atomic E-state index is 0.00281. The summed E-state index contributed by atoms with van der Waals surface area (Å²) in [5, 5.41) is 0. The van der Waals surface area contributed by atoms with E-state index in [1.54, 1.807) is 29.4 Å². The monoisotopic (exact) mass is 323 g/mol. The molecule has 0 N–H and O–H groups in total. The van der Waals surface area contributed by atoms with Gasteiger partial charge < -0.3 is 9.80 Å². The van der Waals surface area contributed by atoms with Crippen molar-refractivity contribution < 1.29 is 9.59 Å². The molecule has 2 aromatic rings. The summed E-state index contributed by atoms with van der Waals surface area (Å²) in [6.45, 7) is 4.34. The normalized spacial score (nSPS) is 14.5. The Morgan fingerprint density at radius 3 is 2.12 bits per heavy atom. The van der Waals surface area contributed by atoms with Gasteiger partial charge in [0.25, 0.3) is 5.91 Å². The predicted octanol–water partition coefficient (Wildman–Crippen LogP) is 1.92. The van der Waals surface area contributed by atoms with Crippen molar-refractivity contribution in [2.45, 2.75) is 13.3 Å². The fourth-order valence-corrected chi connectivity index (χ4v) is 2.83. The van der Waals surface area contributed by atoms with Gasteiger partial charge >= 0.3 is 0 Å². The van der Waals surface area contributed by atoms with Crippen molar-refractivity contribution in [1.29, 1.82) is 0 Å². The Labute approximate surface area is 141 Å². The SMILES string of the molecule is Cc1ccc(CC(=O)N2CCN(C(=O)c3ccncc3)CC2)cc1. The second kappa shape index (κ2) is 7.25. The Kier molecular flexibility index (Phi) is 4.89. The molecule has 1 aromatic carbocycles. The van der Waals surface area contributed by atoms with E-state index in [0.29, 0.717) is 38.2 Å². The van der Waals surface area contributed by atoms with E-state index < -0.39 is 0 Å². The molecule has 0 radical (unpaired) electrons. The van der Waals surface area contributed by atoms with Crippen molar-refractivity contribution in [3.63, 3.8) is 0 Å². The van der Waals surface area contributed by atoms with Crippen LogP contribution in [0.15, 0.2) is 48.8 Å². The number of carbonyl (C=O) groups excluding carboxylic acids is 2. The molecule has 0 bridgehead atoms. The Hall–Kier alpha value is -2.69. The van der Waals surface area contributed by atoms with Crippen molar-refractivity contribution in [2.75, 3.05) is 26.2 Å². The molecule has 124 valence electrons. The summed E-state index contributed by atoms with van der Waals surface area (Å²) in [6, 6.07) is 11.5. The molecule has 5 heteroatoms. The molecule has 1 aromatic heterocycles. The molecule has 2 heterocycles. The third-order valence-electron chi connectivity index (χ3n) is 4.32. The average Bonchev–Trinajstić information content (AvgIpc) is 2.64. The molecule has 1 aliphatic heterocycles. The topological polar surface area (TPSA) is 53.5 Å². The second-order valence-electron chi connectivity index (χ2n) is 6.07. The molecular formula is C19H21N3O2.